The van der Waals surface area contributed by atoms with Crippen LogP contribution in [-0.2, 0) is 6.42 Å². The second-order valence-corrected chi connectivity index (χ2v) is 4.67. The molecule has 19 heavy (non-hydrogen) atoms. The first kappa shape index (κ1) is 13.8. The van der Waals surface area contributed by atoms with Crippen LogP contribution in [0.15, 0.2) is 36.4 Å². The van der Waals surface area contributed by atoms with Gasteiger partial charge in [-0.25, -0.2) is 4.39 Å². The van der Waals surface area contributed by atoms with Crippen LogP contribution < -0.4 is 10.5 Å². The summed E-state index contributed by atoms with van der Waals surface area (Å²) in [7, 11) is 0. The summed E-state index contributed by atoms with van der Waals surface area (Å²) < 4.78 is 19.0. The second-order valence-electron chi connectivity index (χ2n) is 4.27. The zero-order valence-electron chi connectivity index (χ0n) is 10.6. The molecule has 0 spiro atoms. The Hall–Kier alpha value is -1.58. The van der Waals surface area contributed by atoms with Gasteiger partial charge in [-0.1, -0.05) is 23.7 Å². The Morgan fingerprint density at radius 1 is 1.21 bits per heavy atom. The monoisotopic (exact) mass is 279 g/mol. The maximum Gasteiger partial charge on any atom is 0.133 e. The SMILES string of the molecule is Cc1ccc(F)cc1Oc1cccc(Cl)c1CCN. The zero-order chi connectivity index (χ0) is 13.8. The van der Waals surface area contributed by atoms with Gasteiger partial charge in [0.1, 0.15) is 17.3 Å². The van der Waals surface area contributed by atoms with Gasteiger partial charge in [-0.2, -0.15) is 0 Å². The molecule has 0 unspecified atom stereocenters. The predicted octanol–water partition coefficient (Wildman–Crippen LogP) is 4.08. The van der Waals surface area contributed by atoms with Gasteiger partial charge in [0.2, 0.25) is 0 Å². The van der Waals surface area contributed by atoms with Crippen molar-refractivity contribution >= 4 is 11.6 Å². The number of halogens is 2. The molecule has 0 aliphatic rings. The normalized spacial score (nSPS) is 10.5. The van der Waals surface area contributed by atoms with Crippen LogP contribution in [0.25, 0.3) is 0 Å². The van der Waals surface area contributed by atoms with E-state index in [-0.39, 0.29) is 5.82 Å². The molecule has 2 nitrogen and oxygen atoms in total. The molecular weight excluding hydrogens is 265 g/mol. The number of hydrogen-bond donors (Lipinski definition) is 1. The average Bonchev–Trinajstić information content (AvgIpc) is 2.38. The molecule has 0 bridgehead atoms. The average molecular weight is 280 g/mol. The molecule has 100 valence electrons. The topological polar surface area (TPSA) is 35.2 Å². The van der Waals surface area contributed by atoms with Crippen LogP contribution >= 0.6 is 11.6 Å². The fraction of sp³-hybridized carbons (Fsp3) is 0.200. The van der Waals surface area contributed by atoms with E-state index >= 15 is 0 Å². The van der Waals surface area contributed by atoms with Crippen molar-refractivity contribution < 1.29 is 9.13 Å². The first-order chi connectivity index (χ1) is 9.11. The van der Waals surface area contributed by atoms with Crippen LogP contribution in [0.5, 0.6) is 11.5 Å². The largest absolute Gasteiger partial charge is 0.457 e. The fourth-order valence-corrected chi connectivity index (χ4v) is 2.08. The highest BCUT2D eigenvalue weighted by Gasteiger charge is 2.10. The van der Waals surface area contributed by atoms with Crippen molar-refractivity contribution in [3.8, 4) is 11.5 Å². The molecule has 2 aromatic carbocycles. The summed E-state index contributed by atoms with van der Waals surface area (Å²) in [6, 6.07) is 9.84. The summed E-state index contributed by atoms with van der Waals surface area (Å²) in [5.41, 5.74) is 7.28. The molecule has 0 fully saturated rings. The first-order valence-corrected chi connectivity index (χ1v) is 6.41. The molecule has 0 atom stereocenters. The van der Waals surface area contributed by atoms with Crippen LogP contribution in [-0.4, -0.2) is 6.54 Å². The van der Waals surface area contributed by atoms with E-state index in [2.05, 4.69) is 0 Å². The molecule has 2 N–H and O–H groups in total. The lowest BCUT2D eigenvalue weighted by Crippen LogP contribution is -2.05. The number of rotatable bonds is 4. The van der Waals surface area contributed by atoms with Crippen molar-refractivity contribution in [2.75, 3.05) is 6.54 Å². The Bertz CT molecular complexity index is 586. The maximum atomic E-state index is 13.3. The molecule has 0 amide bonds. The van der Waals surface area contributed by atoms with Gasteiger partial charge in [0.05, 0.1) is 0 Å². The standard InChI is InChI=1S/C15H15ClFNO/c1-10-5-6-11(17)9-15(10)19-14-4-2-3-13(16)12(14)7-8-18/h2-6,9H,7-8,18H2,1H3. The van der Waals surface area contributed by atoms with Gasteiger partial charge < -0.3 is 10.5 Å². The highest BCUT2D eigenvalue weighted by Crippen LogP contribution is 2.32. The van der Waals surface area contributed by atoms with Gasteiger partial charge in [-0.05, 0) is 43.7 Å². The van der Waals surface area contributed by atoms with Crippen molar-refractivity contribution in [2.45, 2.75) is 13.3 Å². The lowest BCUT2D eigenvalue weighted by atomic mass is 10.1. The minimum Gasteiger partial charge on any atom is -0.457 e. The number of hydrogen-bond acceptors (Lipinski definition) is 2. The predicted molar refractivity (Wildman–Crippen MR) is 75.4 cm³/mol. The van der Waals surface area contributed by atoms with Gasteiger partial charge in [-0.3, -0.25) is 0 Å². The second kappa shape index (κ2) is 6.04. The lowest BCUT2D eigenvalue weighted by molar-refractivity contribution is 0.467. The molecule has 0 radical (unpaired) electrons. The highest BCUT2D eigenvalue weighted by molar-refractivity contribution is 6.31. The molecule has 0 saturated carbocycles. The van der Waals surface area contributed by atoms with Gasteiger partial charge in [-0.15, -0.1) is 0 Å². The minimum atomic E-state index is -0.331. The molecule has 0 saturated heterocycles. The quantitative estimate of drug-likeness (QED) is 0.915. The smallest absolute Gasteiger partial charge is 0.133 e. The Morgan fingerprint density at radius 2 is 2.00 bits per heavy atom. The van der Waals surface area contributed by atoms with Crippen LogP contribution in [0.3, 0.4) is 0 Å². The van der Waals surface area contributed by atoms with E-state index in [1.807, 2.05) is 6.92 Å². The Labute approximate surface area is 117 Å². The van der Waals surface area contributed by atoms with Gasteiger partial charge in [0, 0.05) is 16.7 Å². The van der Waals surface area contributed by atoms with Gasteiger partial charge in [0.25, 0.3) is 0 Å². The van der Waals surface area contributed by atoms with Crippen LogP contribution in [0.1, 0.15) is 11.1 Å². The molecule has 0 aromatic heterocycles. The molecular formula is C15H15ClFNO. The van der Waals surface area contributed by atoms with E-state index < -0.39 is 0 Å². The Kier molecular flexibility index (Phi) is 4.40. The van der Waals surface area contributed by atoms with Crippen molar-refractivity contribution in [3.63, 3.8) is 0 Å². The third-order valence-corrected chi connectivity index (χ3v) is 3.19. The Balaban J connectivity index is 2.37. The summed E-state index contributed by atoms with van der Waals surface area (Å²) in [4.78, 5) is 0. The highest BCUT2D eigenvalue weighted by atomic mass is 35.5. The fourth-order valence-electron chi connectivity index (χ4n) is 1.82. The molecule has 0 heterocycles. The number of benzene rings is 2. The summed E-state index contributed by atoms with van der Waals surface area (Å²) in [5.74, 6) is 0.773. The lowest BCUT2D eigenvalue weighted by Gasteiger charge is -2.13. The van der Waals surface area contributed by atoms with Crippen LogP contribution in [0.2, 0.25) is 5.02 Å². The van der Waals surface area contributed by atoms with E-state index in [1.165, 1.54) is 12.1 Å². The summed E-state index contributed by atoms with van der Waals surface area (Å²) >= 11 is 6.14. The van der Waals surface area contributed by atoms with E-state index in [4.69, 9.17) is 22.1 Å². The van der Waals surface area contributed by atoms with E-state index in [9.17, 15) is 4.39 Å². The first-order valence-electron chi connectivity index (χ1n) is 6.03. The van der Waals surface area contributed by atoms with Gasteiger partial charge >= 0.3 is 0 Å². The minimum absolute atomic E-state index is 0.331. The van der Waals surface area contributed by atoms with E-state index in [1.54, 1.807) is 24.3 Å². The van der Waals surface area contributed by atoms with E-state index in [0.29, 0.717) is 29.5 Å². The zero-order valence-corrected chi connectivity index (χ0v) is 11.4. The van der Waals surface area contributed by atoms with Crippen molar-refractivity contribution in [1.82, 2.24) is 0 Å². The molecule has 0 aliphatic heterocycles. The summed E-state index contributed by atoms with van der Waals surface area (Å²) in [6.07, 6.45) is 0.614. The number of nitrogens with two attached hydrogens (primary N) is 1. The van der Waals surface area contributed by atoms with E-state index in [0.717, 1.165) is 11.1 Å². The van der Waals surface area contributed by atoms with Crippen molar-refractivity contribution in [1.29, 1.82) is 0 Å². The number of ether oxygens (including phenoxy) is 1. The third-order valence-electron chi connectivity index (χ3n) is 2.84. The maximum absolute atomic E-state index is 13.3. The molecule has 2 rings (SSSR count). The van der Waals surface area contributed by atoms with Crippen molar-refractivity contribution in [2.24, 2.45) is 5.73 Å². The third kappa shape index (κ3) is 3.25. The summed E-state index contributed by atoms with van der Waals surface area (Å²) in [5, 5.41) is 0.608. The Morgan fingerprint density at radius 3 is 2.74 bits per heavy atom. The molecule has 2 aromatic rings. The van der Waals surface area contributed by atoms with Gasteiger partial charge in [0.15, 0.2) is 0 Å². The number of aryl methyl sites for hydroxylation is 1. The summed E-state index contributed by atoms with van der Waals surface area (Å²) in [6.45, 7) is 2.34. The molecule has 4 heteroatoms. The molecule has 0 aliphatic carbocycles. The van der Waals surface area contributed by atoms with Crippen LogP contribution in [0, 0.1) is 12.7 Å². The van der Waals surface area contributed by atoms with Crippen LogP contribution in [0.4, 0.5) is 4.39 Å². The van der Waals surface area contributed by atoms with Crippen molar-refractivity contribution in [3.05, 3.63) is 58.4 Å².